The first-order chi connectivity index (χ1) is 8.02. The Labute approximate surface area is 98.8 Å². The van der Waals surface area contributed by atoms with Crippen LogP contribution >= 0.6 is 0 Å². The fraction of sp³-hybridized carbons (Fsp3) is 0.182. The number of hydrogen-bond acceptors (Lipinski definition) is 5. The zero-order valence-electron chi connectivity index (χ0n) is 9.14. The summed E-state index contributed by atoms with van der Waals surface area (Å²) in [5.41, 5.74) is 5.91. The van der Waals surface area contributed by atoms with Gasteiger partial charge in [-0.25, -0.2) is 13.2 Å². The smallest absolute Gasteiger partial charge is 0.339 e. The predicted octanol–water partition coefficient (Wildman–Crippen LogP) is 0.560. The van der Waals surface area contributed by atoms with Gasteiger partial charge in [0.05, 0.1) is 22.5 Å². The van der Waals surface area contributed by atoms with Crippen molar-refractivity contribution in [1.29, 1.82) is 0 Å². The third-order valence-corrected chi connectivity index (χ3v) is 4.55. The van der Waals surface area contributed by atoms with Gasteiger partial charge in [0.15, 0.2) is 0 Å². The fourth-order valence-electron chi connectivity index (χ4n) is 1.79. The summed E-state index contributed by atoms with van der Waals surface area (Å²) in [6.07, 6.45) is 1.48. The Hall–Kier alpha value is -1.66. The van der Waals surface area contributed by atoms with E-state index in [1.807, 2.05) is 0 Å². The first-order valence-electron chi connectivity index (χ1n) is 4.89. The van der Waals surface area contributed by atoms with E-state index in [-0.39, 0.29) is 21.9 Å². The lowest BCUT2D eigenvalue weighted by Crippen LogP contribution is -2.14. The summed E-state index contributed by atoms with van der Waals surface area (Å²) < 4.78 is 28.8. The normalized spacial score (nSPS) is 16.2. The van der Waals surface area contributed by atoms with Crippen molar-refractivity contribution in [3.05, 3.63) is 34.2 Å². The summed E-state index contributed by atoms with van der Waals surface area (Å²) in [5.74, 6) is -0.669. The second kappa shape index (κ2) is 3.97. The monoisotopic (exact) mass is 253 g/mol. The minimum absolute atomic E-state index is 0.00713. The molecule has 0 unspecified atom stereocenters. The van der Waals surface area contributed by atoms with Gasteiger partial charge in [0.2, 0.25) is 9.84 Å². The maximum Gasteiger partial charge on any atom is 0.339 e. The summed E-state index contributed by atoms with van der Waals surface area (Å²) in [5, 5.41) is 0. The van der Waals surface area contributed by atoms with Crippen LogP contribution in [0.5, 0.6) is 0 Å². The summed E-state index contributed by atoms with van der Waals surface area (Å²) >= 11 is 0. The van der Waals surface area contributed by atoms with Gasteiger partial charge in [-0.1, -0.05) is 12.1 Å². The number of rotatable bonds is 2. The van der Waals surface area contributed by atoms with Crippen LogP contribution in [0.1, 0.15) is 15.9 Å². The highest BCUT2D eigenvalue weighted by molar-refractivity contribution is 7.96. The van der Waals surface area contributed by atoms with Gasteiger partial charge < -0.3 is 10.5 Å². The molecular formula is C11H11NO4S. The van der Waals surface area contributed by atoms with Gasteiger partial charge in [-0.3, -0.25) is 0 Å². The van der Waals surface area contributed by atoms with Crippen molar-refractivity contribution in [2.75, 3.05) is 13.7 Å². The third kappa shape index (κ3) is 1.65. The van der Waals surface area contributed by atoms with Gasteiger partial charge in [0, 0.05) is 6.54 Å². The van der Waals surface area contributed by atoms with E-state index in [1.165, 1.54) is 19.3 Å². The Morgan fingerprint density at radius 1 is 1.41 bits per heavy atom. The molecule has 2 rings (SSSR count). The molecule has 0 radical (unpaired) electrons. The molecule has 0 aromatic heterocycles. The highest BCUT2D eigenvalue weighted by atomic mass is 32.2. The molecule has 0 atom stereocenters. The molecule has 1 heterocycles. The van der Waals surface area contributed by atoms with Crippen LogP contribution in [0.2, 0.25) is 0 Å². The van der Waals surface area contributed by atoms with E-state index >= 15 is 0 Å². The van der Waals surface area contributed by atoms with Crippen molar-refractivity contribution in [1.82, 2.24) is 0 Å². The number of carbonyl (C=O) groups is 1. The first kappa shape index (κ1) is 11.8. The average molecular weight is 253 g/mol. The molecule has 0 saturated carbocycles. The van der Waals surface area contributed by atoms with E-state index in [0.29, 0.717) is 5.56 Å². The molecule has 0 amide bonds. The van der Waals surface area contributed by atoms with Gasteiger partial charge in [0.25, 0.3) is 0 Å². The van der Waals surface area contributed by atoms with Crippen molar-refractivity contribution in [3.8, 4) is 0 Å². The molecule has 1 aromatic carbocycles. The average Bonchev–Trinajstić information content (AvgIpc) is 2.59. The first-order valence-corrected chi connectivity index (χ1v) is 6.37. The maximum absolute atomic E-state index is 12.1. The van der Waals surface area contributed by atoms with Crippen molar-refractivity contribution in [3.63, 3.8) is 0 Å². The Kier molecular flexibility index (Phi) is 2.76. The predicted molar refractivity (Wildman–Crippen MR) is 62.0 cm³/mol. The molecule has 1 aromatic rings. The van der Waals surface area contributed by atoms with Gasteiger partial charge in [-0.15, -0.1) is 0 Å². The van der Waals surface area contributed by atoms with Crippen LogP contribution in [-0.2, 0) is 14.6 Å². The Bertz CT molecular complexity index is 616. The number of fused-ring (bicyclic) bond motifs is 1. The second-order valence-electron chi connectivity index (χ2n) is 3.53. The van der Waals surface area contributed by atoms with Crippen molar-refractivity contribution in [2.45, 2.75) is 4.90 Å². The molecule has 0 bridgehead atoms. The number of sulfone groups is 1. The fourth-order valence-corrected chi connectivity index (χ4v) is 3.43. The number of methoxy groups -OCH3 is 1. The lowest BCUT2D eigenvalue weighted by molar-refractivity contribution is 0.0596. The molecule has 90 valence electrons. The number of ether oxygens (including phenoxy) is 1. The van der Waals surface area contributed by atoms with Crippen LogP contribution in [0.25, 0.3) is 6.08 Å². The van der Waals surface area contributed by atoms with E-state index in [0.717, 1.165) is 0 Å². The third-order valence-electron chi connectivity index (χ3n) is 2.58. The van der Waals surface area contributed by atoms with Gasteiger partial charge in [-0.2, -0.15) is 0 Å². The van der Waals surface area contributed by atoms with Gasteiger partial charge >= 0.3 is 5.97 Å². The minimum atomic E-state index is -3.65. The summed E-state index contributed by atoms with van der Waals surface area (Å²) in [4.78, 5) is 11.6. The summed E-state index contributed by atoms with van der Waals surface area (Å²) in [6.45, 7) is -0.0857. The number of hydrogen-bond donors (Lipinski definition) is 1. The quantitative estimate of drug-likeness (QED) is 0.778. The zero-order valence-corrected chi connectivity index (χ0v) is 9.95. The molecule has 1 aliphatic rings. The topological polar surface area (TPSA) is 86.5 Å². The van der Waals surface area contributed by atoms with E-state index in [1.54, 1.807) is 12.1 Å². The van der Waals surface area contributed by atoms with E-state index in [9.17, 15) is 13.2 Å². The number of carbonyl (C=O) groups excluding carboxylic acids is 1. The SMILES string of the molecule is COC(=O)c1cccc2c1S(=O)(=O)C(CN)=C2. The van der Waals surface area contributed by atoms with Crippen LogP contribution in [0, 0.1) is 0 Å². The van der Waals surface area contributed by atoms with Crippen molar-refractivity contribution in [2.24, 2.45) is 5.73 Å². The highest BCUT2D eigenvalue weighted by Gasteiger charge is 2.33. The van der Waals surface area contributed by atoms with Crippen LogP contribution < -0.4 is 5.73 Å². The molecule has 0 fully saturated rings. The van der Waals surface area contributed by atoms with E-state index in [4.69, 9.17) is 5.73 Å². The molecule has 0 spiro atoms. The summed E-state index contributed by atoms with van der Waals surface area (Å²) in [7, 11) is -2.44. The van der Waals surface area contributed by atoms with E-state index < -0.39 is 15.8 Å². The molecule has 17 heavy (non-hydrogen) atoms. The number of benzene rings is 1. The standard InChI is InChI=1S/C11H11NO4S/c1-16-11(13)9-4-2-3-7-5-8(6-12)17(14,15)10(7)9/h2-5H,6,12H2,1H3. The number of esters is 1. The van der Waals surface area contributed by atoms with Crippen LogP contribution in [0.4, 0.5) is 0 Å². The highest BCUT2D eigenvalue weighted by Crippen LogP contribution is 2.34. The lowest BCUT2D eigenvalue weighted by atomic mass is 10.1. The lowest BCUT2D eigenvalue weighted by Gasteiger charge is -2.06. The van der Waals surface area contributed by atoms with Crippen LogP contribution in [0.15, 0.2) is 28.0 Å². The molecular weight excluding hydrogens is 242 g/mol. The molecule has 1 aliphatic heterocycles. The second-order valence-corrected chi connectivity index (χ2v) is 5.47. The van der Waals surface area contributed by atoms with E-state index in [2.05, 4.69) is 4.74 Å². The van der Waals surface area contributed by atoms with Gasteiger partial charge in [-0.05, 0) is 17.7 Å². The Balaban J connectivity index is 2.72. The Morgan fingerprint density at radius 3 is 2.71 bits per heavy atom. The molecule has 0 saturated heterocycles. The molecule has 5 nitrogen and oxygen atoms in total. The molecule has 2 N–H and O–H groups in total. The number of nitrogens with two attached hydrogens (primary N) is 1. The molecule has 0 aliphatic carbocycles. The van der Waals surface area contributed by atoms with Crippen molar-refractivity contribution < 1.29 is 17.9 Å². The minimum Gasteiger partial charge on any atom is -0.465 e. The zero-order chi connectivity index (χ0) is 12.6. The van der Waals surface area contributed by atoms with Crippen molar-refractivity contribution >= 4 is 21.9 Å². The van der Waals surface area contributed by atoms with Gasteiger partial charge in [0.1, 0.15) is 0 Å². The largest absolute Gasteiger partial charge is 0.465 e. The van der Waals surface area contributed by atoms with Crippen LogP contribution in [0.3, 0.4) is 0 Å². The van der Waals surface area contributed by atoms with Crippen LogP contribution in [-0.4, -0.2) is 28.0 Å². The summed E-state index contributed by atoms with van der Waals surface area (Å²) in [6, 6.07) is 4.66. The Morgan fingerprint density at radius 2 is 2.12 bits per heavy atom. The molecule has 6 heteroatoms. The maximum atomic E-state index is 12.1.